The summed E-state index contributed by atoms with van der Waals surface area (Å²) in [5.41, 5.74) is 8.59. The molecule has 2 rings (SSSR count). The largest absolute Gasteiger partial charge is 0.507 e. The van der Waals surface area contributed by atoms with Gasteiger partial charge in [0.25, 0.3) is 10.1 Å². The SMILES string of the molecule is [N-]=[N+]=Nc1ccc2cc(S(=O)(=O)O)cc(O)c2c1. The molecule has 2 N–H and O–H groups in total. The monoisotopic (exact) mass is 265 g/mol. The van der Waals surface area contributed by atoms with Crippen LogP contribution in [0.5, 0.6) is 5.75 Å². The molecule has 0 unspecified atom stereocenters. The molecule has 0 radical (unpaired) electrons. The molecule has 92 valence electrons. The highest BCUT2D eigenvalue weighted by molar-refractivity contribution is 7.85. The highest BCUT2D eigenvalue weighted by atomic mass is 32.2. The van der Waals surface area contributed by atoms with Crippen molar-refractivity contribution in [2.75, 3.05) is 0 Å². The van der Waals surface area contributed by atoms with E-state index in [1.807, 2.05) is 0 Å². The van der Waals surface area contributed by atoms with Gasteiger partial charge in [-0.25, -0.2) is 0 Å². The number of phenols is 1. The van der Waals surface area contributed by atoms with Crippen LogP contribution in [0, 0.1) is 0 Å². The number of hydrogen-bond acceptors (Lipinski definition) is 4. The molecule has 8 heteroatoms. The minimum absolute atomic E-state index is 0.292. The van der Waals surface area contributed by atoms with Crippen molar-refractivity contribution in [3.63, 3.8) is 0 Å². The fraction of sp³-hybridized carbons (Fsp3) is 0. The Bertz CT molecular complexity index is 779. The zero-order chi connectivity index (χ0) is 13.3. The molecule has 0 aliphatic rings. The second-order valence-corrected chi connectivity index (χ2v) is 4.93. The standard InChI is InChI=1S/C10H7N3O4S/c11-13-12-7-2-1-6-3-8(18(15,16)17)5-10(14)9(6)4-7/h1-5,14H,(H,15,16,17). The molecular weight excluding hydrogens is 258 g/mol. The smallest absolute Gasteiger partial charge is 0.294 e. The molecule has 0 aliphatic heterocycles. The first-order chi connectivity index (χ1) is 8.41. The van der Waals surface area contributed by atoms with Crippen LogP contribution in [0.3, 0.4) is 0 Å². The predicted molar refractivity (Wildman–Crippen MR) is 64.2 cm³/mol. The third-order valence-electron chi connectivity index (χ3n) is 2.35. The van der Waals surface area contributed by atoms with Gasteiger partial charge in [-0.1, -0.05) is 17.2 Å². The van der Waals surface area contributed by atoms with Gasteiger partial charge in [0.2, 0.25) is 0 Å². The van der Waals surface area contributed by atoms with Crippen LogP contribution in [0.25, 0.3) is 21.2 Å². The van der Waals surface area contributed by atoms with Gasteiger partial charge in [0.1, 0.15) is 5.75 Å². The van der Waals surface area contributed by atoms with Gasteiger partial charge in [-0.15, -0.1) is 0 Å². The molecule has 2 aromatic carbocycles. The molecule has 0 aliphatic carbocycles. The Kier molecular flexibility index (Phi) is 2.84. The Balaban J connectivity index is 2.77. The molecule has 0 bridgehead atoms. The Morgan fingerprint density at radius 1 is 1.22 bits per heavy atom. The maximum atomic E-state index is 11.0. The average molecular weight is 265 g/mol. The number of benzene rings is 2. The lowest BCUT2D eigenvalue weighted by molar-refractivity contribution is 0.471. The van der Waals surface area contributed by atoms with E-state index < -0.39 is 15.0 Å². The summed E-state index contributed by atoms with van der Waals surface area (Å²) < 4.78 is 30.9. The summed E-state index contributed by atoms with van der Waals surface area (Å²) >= 11 is 0. The number of azide groups is 1. The normalized spacial score (nSPS) is 11.2. The zero-order valence-corrected chi connectivity index (χ0v) is 9.66. The predicted octanol–water partition coefficient (Wildman–Crippen LogP) is 2.73. The van der Waals surface area contributed by atoms with Gasteiger partial charge in [-0.2, -0.15) is 8.42 Å². The number of rotatable bonds is 2. The van der Waals surface area contributed by atoms with Crippen molar-refractivity contribution in [2.24, 2.45) is 5.11 Å². The summed E-state index contributed by atoms with van der Waals surface area (Å²) in [5, 5.41) is 13.8. The first-order valence-electron chi connectivity index (χ1n) is 4.71. The Morgan fingerprint density at radius 2 is 1.94 bits per heavy atom. The van der Waals surface area contributed by atoms with E-state index in [2.05, 4.69) is 10.0 Å². The van der Waals surface area contributed by atoms with E-state index >= 15 is 0 Å². The van der Waals surface area contributed by atoms with Crippen molar-refractivity contribution in [2.45, 2.75) is 4.90 Å². The maximum absolute atomic E-state index is 11.0. The van der Waals surface area contributed by atoms with E-state index in [-0.39, 0.29) is 5.75 Å². The van der Waals surface area contributed by atoms with Crippen LogP contribution in [0.4, 0.5) is 5.69 Å². The molecule has 0 atom stereocenters. The summed E-state index contributed by atoms with van der Waals surface area (Å²) in [5.74, 6) is -0.324. The molecule has 0 amide bonds. The van der Waals surface area contributed by atoms with Crippen molar-refractivity contribution in [1.82, 2.24) is 0 Å². The molecule has 18 heavy (non-hydrogen) atoms. The Labute approximate surface area is 102 Å². The highest BCUT2D eigenvalue weighted by Gasteiger charge is 2.13. The lowest BCUT2D eigenvalue weighted by atomic mass is 10.1. The topological polar surface area (TPSA) is 123 Å². The van der Waals surface area contributed by atoms with Crippen LogP contribution >= 0.6 is 0 Å². The highest BCUT2D eigenvalue weighted by Crippen LogP contribution is 2.31. The van der Waals surface area contributed by atoms with Crippen LogP contribution in [0.1, 0.15) is 0 Å². The van der Waals surface area contributed by atoms with E-state index in [0.717, 1.165) is 6.07 Å². The van der Waals surface area contributed by atoms with Gasteiger partial charge in [-0.05, 0) is 23.1 Å². The number of aromatic hydroxyl groups is 1. The molecule has 0 heterocycles. The van der Waals surface area contributed by atoms with Crippen LogP contribution < -0.4 is 0 Å². The first kappa shape index (κ1) is 12.2. The van der Waals surface area contributed by atoms with E-state index in [1.54, 1.807) is 0 Å². The summed E-state index contributed by atoms with van der Waals surface area (Å²) in [4.78, 5) is 2.21. The van der Waals surface area contributed by atoms with Crippen molar-refractivity contribution in [3.8, 4) is 5.75 Å². The van der Waals surface area contributed by atoms with Crippen molar-refractivity contribution < 1.29 is 18.1 Å². The second-order valence-electron chi connectivity index (χ2n) is 3.51. The third-order valence-corrected chi connectivity index (χ3v) is 3.18. The summed E-state index contributed by atoms with van der Waals surface area (Å²) in [6.07, 6.45) is 0. The first-order valence-corrected chi connectivity index (χ1v) is 6.15. The minimum Gasteiger partial charge on any atom is -0.507 e. The molecule has 2 aromatic rings. The lowest BCUT2D eigenvalue weighted by Gasteiger charge is -2.04. The summed E-state index contributed by atoms with van der Waals surface area (Å²) in [7, 11) is -4.38. The number of fused-ring (bicyclic) bond motifs is 1. The zero-order valence-electron chi connectivity index (χ0n) is 8.85. The quantitative estimate of drug-likeness (QED) is 0.375. The van der Waals surface area contributed by atoms with Crippen LogP contribution in [-0.4, -0.2) is 18.1 Å². The number of hydrogen-bond donors (Lipinski definition) is 2. The molecule has 0 spiro atoms. The van der Waals surface area contributed by atoms with Crippen molar-refractivity contribution in [3.05, 3.63) is 40.8 Å². The molecular formula is C10H7N3O4S. The minimum atomic E-state index is -4.38. The summed E-state index contributed by atoms with van der Waals surface area (Å²) in [6.45, 7) is 0. The number of nitrogens with zero attached hydrogens (tertiary/aromatic N) is 3. The summed E-state index contributed by atoms with van der Waals surface area (Å²) in [6, 6.07) is 6.50. The third kappa shape index (κ3) is 2.21. The fourth-order valence-corrected chi connectivity index (χ4v) is 2.10. The average Bonchev–Trinajstić information content (AvgIpc) is 2.29. The van der Waals surface area contributed by atoms with E-state index in [9.17, 15) is 13.5 Å². The van der Waals surface area contributed by atoms with E-state index in [1.165, 1.54) is 24.3 Å². The van der Waals surface area contributed by atoms with Crippen molar-refractivity contribution in [1.29, 1.82) is 0 Å². The fourth-order valence-electron chi connectivity index (χ4n) is 1.56. The van der Waals surface area contributed by atoms with Gasteiger partial charge < -0.3 is 5.11 Å². The van der Waals surface area contributed by atoms with Gasteiger partial charge in [0.05, 0.1) is 4.90 Å². The van der Waals surface area contributed by atoms with E-state index in [4.69, 9.17) is 10.1 Å². The van der Waals surface area contributed by atoms with Gasteiger partial charge in [-0.3, -0.25) is 4.55 Å². The molecule has 0 aromatic heterocycles. The van der Waals surface area contributed by atoms with Gasteiger partial charge in [0, 0.05) is 22.1 Å². The van der Waals surface area contributed by atoms with Crippen LogP contribution in [0.2, 0.25) is 0 Å². The lowest BCUT2D eigenvalue weighted by Crippen LogP contribution is -1.97. The second kappa shape index (κ2) is 4.19. The maximum Gasteiger partial charge on any atom is 0.294 e. The van der Waals surface area contributed by atoms with Gasteiger partial charge in [0.15, 0.2) is 0 Å². The van der Waals surface area contributed by atoms with Crippen LogP contribution in [-0.2, 0) is 10.1 Å². The van der Waals surface area contributed by atoms with Gasteiger partial charge >= 0.3 is 0 Å². The van der Waals surface area contributed by atoms with Crippen molar-refractivity contribution >= 4 is 26.6 Å². The van der Waals surface area contributed by atoms with Crippen LogP contribution in [0.15, 0.2) is 40.3 Å². The number of phenolic OH excluding ortho intramolecular Hbond substituents is 1. The molecule has 7 nitrogen and oxygen atoms in total. The Morgan fingerprint density at radius 3 is 2.56 bits per heavy atom. The molecule has 0 saturated carbocycles. The Hall–Kier alpha value is -2.28. The van der Waals surface area contributed by atoms with E-state index in [0.29, 0.717) is 16.5 Å². The molecule has 0 saturated heterocycles. The molecule has 0 fully saturated rings.